The summed E-state index contributed by atoms with van der Waals surface area (Å²) in [5, 5.41) is 20.7. The number of aliphatic hydroxyl groups is 1. The maximum absolute atomic E-state index is 12.6. The van der Waals surface area contributed by atoms with Crippen LogP contribution in [0.25, 0.3) is 0 Å². The van der Waals surface area contributed by atoms with Crippen molar-refractivity contribution >= 4 is 5.96 Å². The van der Waals surface area contributed by atoms with Gasteiger partial charge in [-0.15, -0.1) is 0 Å². The van der Waals surface area contributed by atoms with Crippen LogP contribution >= 0.6 is 0 Å². The van der Waals surface area contributed by atoms with Gasteiger partial charge in [-0.25, -0.2) is 4.99 Å². The third kappa shape index (κ3) is 6.84. The lowest BCUT2D eigenvalue weighted by Gasteiger charge is -2.20. The third-order valence-electron chi connectivity index (χ3n) is 4.01. The second-order valence-corrected chi connectivity index (χ2v) is 6.60. The first-order valence-electron chi connectivity index (χ1n) is 9.01. The first-order chi connectivity index (χ1) is 13.6. The Morgan fingerprint density at radius 1 is 1.21 bits per heavy atom. The maximum atomic E-state index is 12.6. The summed E-state index contributed by atoms with van der Waals surface area (Å²) in [7, 11) is 1.77. The Bertz CT molecular complexity index is 889. The van der Waals surface area contributed by atoms with Gasteiger partial charge in [-0.3, -0.25) is 4.68 Å². The summed E-state index contributed by atoms with van der Waals surface area (Å²) in [6, 6.07) is 4.67. The molecule has 0 aliphatic rings. The number of alkyl halides is 3. The minimum atomic E-state index is -4.36. The van der Waals surface area contributed by atoms with E-state index in [2.05, 4.69) is 32.6 Å². The Hall–Kier alpha value is -2.99. The summed E-state index contributed by atoms with van der Waals surface area (Å²) in [6.07, 6.45) is -1.04. The number of hydrogen-bond acceptors (Lipinski definition) is 3. The van der Waals surface area contributed by atoms with E-state index in [1.807, 2.05) is 6.92 Å². The summed E-state index contributed by atoms with van der Waals surface area (Å²) in [5.74, 6) is 6.11. The maximum Gasteiger partial charge on any atom is 0.416 e. The predicted octanol–water partition coefficient (Wildman–Crippen LogP) is 2.25. The Labute approximate surface area is 167 Å². The molecular formula is C20H24F3N5O. The SMILES string of the molecule is CCNC(=NCC(C)(O)c1cnn(C)c1)NCC#Cc1ccc(C(F)(F)F)cc1. The van der Waals surface area contributed by atoms with Crippen LogP contribution in [0.1, 0.15) is 30.5 Å². The van der Waals surface area contributed by atoms with Crippen molar-refractivity contribution in [3.05, 3.63) is 53.3 Å². The Morgan fingerprint density at radius 3 is 2.45 bits per heavy atom. The average Bonchev–Trinajstić information content (AvgIpc) is 3.10. The summed E-state index contributed by atoms with van der Waals surface area (Å²) in [6.45, 7) is 4.53. The van der Waals surface area contributed by atoms with E-state index in [0.717, 1.165) is 12.1 Å². The van der Waals surface area contributed by atoms with Crippen molar-refractivity contribution in [3.63, 3.8) is 0 Å². The summed E-state index contributed by atoms with van der Waals surface area (Å²) in [4.78, 5) is 4.37. The fourth-order valence-corrected chi connectivity index (χ4v) is 2.38. The fourth-order valence-electron chi connectivity index (χ4n) is 2.38. The smallest absolute Gasteiger partial charge is 0.383 e. The highest BCUT2D eigenvalue weighted by Crippen LogP contribution is 2.28. The number of guanidine groups is 1. The van der Waals surface area contributed by atoms with E-state index in [1.54, 1.807) is 31.0 Å². The van der Waals surface area contributed by atoms with Crippen molar-refractivity contribution in [3.8, 4) is 11.8 Å². The number of benzene rings is 1. The minimum Gasteiger partial charge on any atom is -0.383 e. The number of nitrogens with zero attached hydrogens (tertiary/aromatic N) is 3. The lowest BCUT2D eigenvalue weighted by Crippen LogP contribution is -2.39. The van der Waals surface area contributed by atoms with Crippen molar-refractivity contribution in [1.82, 2.24) is 20.4 Å². The molecule has 29 heavy (non-hydrogen) atoms. The molecule has 0 saturated heterocycles. The molecule has 1 heterocycles. The van der Waals surface area contributed by atoms with Gasteiger partial charge >= 0.3 is 6.18 Å². The zero-order valence-electron chi connectivity index (χ0n) is 16.5. The van der Waals surface area contributed by atoms with E-state index < -0.39 is 17.3 Å². The first-order valence-corrected chi connectivity index (χ1v) is 9.01. The highest BCUT2D eigenvalue weighted by molar-refractivity contribution is 5.80. The second-order valence-electron chi connectivity index (χ2n) is 6.60. The molecule has 0 saturated carbocycles. The molecule has 0 amide bonds. The molecule has 1 aromatic heterocycles. The van der Waals surface area contributed by atoms with Crippen molar-refractivity contribution in [1.29, 1.82) is 0 Å². The summed E-state index contributed by atoms with van der Waals surface area (Å²) in [5.41, 5.74) is -0.742. The molecule has 0 radical (unpaired) electrons. The number of rotatable bonds is 5. The van der Waals surface area contributed by atoms with Crippen LogP contribution in [0.4, 0.5) is 13.2 Å². The molecule has 2 aromatic rings. The number of halogens is 3. The van der Waals surface area contributed by atoms with Crippen LogP contribution in [0.5, 0.6) is 0 Å². The number of nitrogens with one attached hydrogen (secondary N) is 2. The van der Waals surface area contributed by atoms with Gasteiger partial charge in [0.2, 0.25) is 0 Å². The van der Waals surface area contributed by atoms with Gasteiger partial charge in [0.25, 0.3) is 0 Å². The van der Waals surface area contributed by atoms with Crippen molar-refractivity contribution < 1.29 is 18.3 Å². The molecule has 9 heteroatoms. The summed E-state index contributed by atoms with van der Waals surface area (Å²) >= 11 is 0. The molecule has 1 unspecified atom stereocenters. The van der Waals surface area contributed by atoms with Gasteiger partial charge < -0.3 is 15.7 Å². The van der Waals surface area contributed by atoms with Gasteiger partial charge in [0, 0.05) is 30.9 Å². The molecule has 1 aromatic carbocycles. The lowest BCUT2D eigenvalue weighted by molar-refractivity contribution is -0.137. The average molecular weight is 407 g/mol. The summed E-state index contributed by atoms with van der Waals surface area (Å²) < 4.78 is 39.3. The molecule has 0 spiro atoms. The van der Waals surface area contributed by atoms with Gasteiger partial charge in [-0.05, 0) is 38.1 Å². The molecule has 1 atom stereocenters. The largest absolute Gasteiger partial charge is 0.416 e. The van der Waals surface area contributed by atoms with E-state index in [0.29, 0.717) is 23.6 Å². The number of aliphatic imine (C=N–C) groups is 1. The molecule has 156 valence electrons. The van der Waals surface area contributed by atoms with Gasteiger partial charge in [0.15, 0.2) is 5.96 Å². The van der Waals surface area contributed by atoms with Gasteiger partial charge in [0.05, 0.1) is 24.8 Å². The van der Waals surface area contributed by atoms with E-state index >= 15 is 0 Å². The van der Waals surface area contributed by atoms with Crippen LogP contribution < -0.4 is 10.6 Å². The highest BCUT2D eigenvalue weighted by atomic mass is 19.4. The Morgan fingerprint density at radius 2 is 1.90 bits per heavy atom. The van der Waals surface area contributed by atoms with Gasteiger partial charge in [-0.2, -0.15) is 18.3 Å². The molecule has 0 aliphatic heterocycles. The van der Waals surface area contributed by atoms with Gasteiger partial charge in [-0.1, -0.05) is 11.8 Å². The number of aromatic nitrogens is 2. The molecule has 0 aliphatic carbocycles. The molecular weight excluding hydrogens is 383 g/mol. The van der Waals surface area contributed by atoms with E-state index in [9.17, 15) is 18.3 Å². The van der Waals surface area contributed by atoms with Gasteiger partial charge in [0.1, 0.15) is 5.60 Å². The van der Waals surface area contributed by atoms with Crippen LogP contribution in [-0.4, -0.2) is 40.5 Å². The number of aryl methyl sites for hydroxylation is 1. The second kappa shape index (κ2) is 9.47. The number of hydrogen-bond donors (Lipinski definition) is 3. The quantitative estimate of drug-likeness (QED) is 0.404. The molecule has 6 nitrogen and oxygen atoms in total. The topological polar surface area (TPSA) is 74.5 Å². The lowest BCUT2D eigenvalue weighted by atomic mass is 10.0. The van der Waals surface area contributed by atoms with Crippen LogP contribution in [-0.2, 0) is 18.8 Å². The van der Waals surface area contributed by atoms with Crippen molar-refractivity contribution in [2.24, 2.45) is 12.0 Å². The van der Waals surface area contributed by atoms with Crippen molar-refractivity contribution in [2.75, 3.05) is 19.6 Å². The molecule has 2 rings (SSSR count). The molecule has 3 N–H and O–H groups in total. The van der Waals surface area contributed by atoms with Crippen LogP contribution in [0.15, 0.2) is 41.7 Å². The Balaban J connectivity index is 1.96. The fraction of sp³-hybridized carbons (Fsp3) is 0.400. The highest BCUT2D eigenvalue weighted by Gasteiger charge is 2.29. The van der Waals surface area contributed by atoms with Crippen LogP contribution in [0.3, 0.4) is 0 Å². The predicted molar refractivity (Wildman–Crippen MR) is 105 cm³/mol. The monoisotopic (exact) mass is 407 g/mol. The zero-order chi connectivity index (χ0) is 21.5. The van der Waals surface area contributed by atoms with E-state index in [4.69, 9.17) is 0 Å². The van der Waals surface area contributed by atoms with E-state index in [-0.39, 0.29) is 13.1 Å². The van der Waals surface area contributed by atoms with E-state index in [1.165, 1.54) is 12.1 Å². The molecule has 0 fully saturated rings. The van der Waals surface area contributed by atoms with Crippen LogP contribution in [0.2, 0.25) is 0 Å². The van der Waals surface area contributed by atoms with Crippen LogP contribution in [0, 0.1) is 11.8 Å². The molecule has 0 bridgehead atoms. The normalized spacial score (nSPS) is 14.0. The standard InChI is InChI=1S/C20H24F3N5O/c1-4-24-18(26-14-19(2,29)17-12-27-28(3)13-17)25-11-5-6-15-7-9-16(10-8-15)20(21,22)23/h7-10,12-13,29H,4,11,14H2,1-3H3,(H2,24,25,26). The Kier molecular flexibility index (Phi) is 7.29. The third-order valence-corrected chi connectivity index (χ3v) is 4.01. The zero-order valence-corrected chi connectivity index (χ0v) is 16.5. The first kappa shape index (κ1) is 22.3. The van der Waals surface area contributed by atoms with Crippen molar-refractivity contribution in [2.45, 2.75) is 25.6 Å². The minimum absolute atomic E-state index is 0.111.